The molecular weight excluding hydrogens is 368 g/mol. The molecule has 3 heterocycles. The van der Waals surface area contributed by atoms with Gasteiger partial charge in [-0.15, -0.1) is 21.5 Å². The van der Waals surface area contributed by atoms with Gasteiger partial charge in [0, 0.05) is 18.9 Å². The van der Waals surface area contributed by atoms with E-state index in [0.29, 0.717) is 5.75 Å². The second-order valence-corrected chi connectivity index (χ2v) is 7.40. The van der Waals surface area contributed by atoms with Crippen LogP contribution in [0.15, 0.2) is 57.5 Å². The number of rotatable bonds is 6. The number of thioether (sulfide) groups is 1. The van der Waals surface area contributed by atoms with E-state index in [1.807, 2.05) is 59.5 Å². The number of nitrogens with zero attached hydrogens (tertiary/aromatic N) is 4. The van der Waals surface area contributed by atoms with E-state index < -0.39 is 0 Å². The van der Waals surface area contributed by atoms with Gasteiger partial charge in [-0.2, -0.15) is 0 Å². The zero-order valence-corrected chi connectivity index (χ0v) is 15.9. The first-order valence-corrected chi connectivity index (χ1v) is 9.78. The molecule has 0 spiro atoms. The van der Waals surface area contributed by atoms with Crippen molar-refractivity contribution in [1.82, 2.24) is 19.9 Å². The van der Waals surface area contributed by atoms with E-state index in [2.05, 4.69) is 15.4 Å². The van der Waals surface area contributed by atoms with Crippen LogP contribution in [0.3, 0.4) is 0 Å². The molecule has 0 atom stereocenters. The molecule has 0 saturated heterocycles. The summed E-state index contributed by atoms with van der Waals surface area (Å²) in [5.74, 6) is 3.00. The van der Waals surface area contributed by atoms with Gasteiger partial charge in [0.05, 0.1) is 23.2 Å². The molecule has 6 nitrogen and oxygen atoms in total. The van der Waals surface area contributed by atoms with Crippen molar-refractivity contribution < 1.29 is 9.26 Å². The van der Waals surface area contributed by atoms with Gasteiger partial charge in [-0.25, -0.2) is 0 Å². The molecule has 4 rings (SSSR count). The molecule has 0 N–H and O–H groups in total. The van der Waals surface area contributed by atoms with Crippen molar-refractivity contribution in [2.24, 2.45) is 7.05 Å². The Hall–Kier alpha value is -2.58. The minimum Gasteiger partial charge on any atom is -0.496 e. The Morgan fingerprint density at radius 2 is 2.08 bits per heavy atom. The number of ether oxygens (including phenoxy) is 1. The summed E-state index contributed by atoms with van der Waals surface area (Å²) in [5.41, 5.74) is 1.79. The maximum absolute atomic E-state index is 5.42. The van der Waals surface area contributed by atoms with E-state index in [0.717, 1.165) is 38.6 Å². The second kappa shape index (κ2) is 7.35. The second-order valence-electron chi connectivity index (χ2n) is 5.51. The third-order valence-corrected chi connectivity index (χ3v) is 5.79. The summed E-state index contributed by atoms with van der Waals surface area (Å²) in [6.45, 7) is 0. The lowest BCUT2D eigenvalue weighted by molar-refractivity contribution is 0.416. The molecule has 4 aromatic rings. The van der Waals surface area contributed by atoms with Gasteiger partial charge in [0.15, 0.2) is 16.7 Å². The Labute approximate surface area is 158 Å². The van der Waals surface area contributed by atoms with Crippen molar-refractivity contribution in [3.05, 3.63) is 53.5 Å². The van der Waals surface area contributed by atoms with Crippen LogP contribution in [0.2, 0.25) is 0 Å². The molecule has 0 fully saturated rings. The molecule has 0 bridgehead atoms. The molecule has 8 heteroatoms. The van der Waals surface area contributed by atoms with Crippen LogP contribution in [-0.4, -0.2) is 27.0 Å². The summed E-state index contributed by atoms with van der Waals surface area (Å²) >= 11 is 3.20. The number of benzene rings is 1. The lowest BCUT2D eigenvalue weighted by atomic mass is 10.2. The molecule has 0 radical (unpaired) electrons. The average Bonchev–Trinajstić information content (AvgIpc) is 3.41. The minimum absolute atomic E-state index is 0.659. The first kappa shape index (κ1) is 16.9. The Morgan fingerprint density at radius 3 is 2.88 bits per heavy atom. The van der Waals surface area contributed by atoms with Crippen molar-refractivity contribution in [1.29, 1.82) is 0 Å². The van der Waals surface area contributed by atoms with Gasteiger partial charge in [0.25, 0.3) is 0 Å². The highest BCUT2D eigenvalue weighted by atomic mass is 32.2. The minimum atomic E-state index is 0.659. The number of thiophene rings is 1. The molecule has 0 unspecified atom stereocenters. The monoisotopic (exact) mass is 384 g/mol. The molecule has 0 aliphatic rings. The summed E-state index contributed by atoms with van der Waals surface area (Å²) in [6, 6.07) is 13.8. The number of methoxy groups -OCH3 is 1. The zero-order chi connectivity index (χ0) is 17.9. The van der Waals surface area contributed by atoms with E-state index in [-0.39, 0.29) is 0 Å². The molecular formula is C18H16N4O2S2. The van der Waals surface area contributed by atoms with Crippen molar-refractivity contribution >= 4 is 23.1 Å². The van der Waals surface area contributed by atoms with Crippen LogP contribution >= 0.6 is 23.1 Å². The lowest BCUT2D eigenvalue weighted by Gasteiger charge is -2.07. The highest BCUT2D eigenvalue weighted by Gasteiger charge is 2.16. The number of hydrogen-bond acceptors (Lipinski definition) is 7. The van der Waals surface area contributed by atoms with Gasteiger partial charge < -0.3 is 13.8 Å². The normalized spacial score (nSPS) is 11.0. The van der Waals surface area contributed by atoms with Crippen LogP contribution in [0.5, 0.6) is 5.75 Å². The number of hydrogen-bond donors (Lipinski definition) is 0. The third-order valence-electron chi connectivity index (χ3n) is 3.85. The van der Waals surface area contributed by atoms with Crippen molar-refractivity contribution in [3.8, 4) is 27.8 Å². The first-order valence-electron chi connectivity index (χ1n) is 7.91. The molecule has 26 heavy (non-hydrogen) atoms. The summed E-state index contributed by atoms with van der Waals surface area (Å²) in [4.78, 5) is 1.07. The van der Waals surface area contributed by atoms with E-state index >= 15 is 0 Å². The van der Waals surface area contributed by atoms with E-state index in [1.54, 1.807) is 30.2 Å². The molecule has 0 aliphatic carbocycles. The molecule has 1 aromatic carbocycles. The van der Waals surface area contributed by atoms with Gasteiger partial charge in [-0.3, -0.25) is 0 Å². The van der Waals surface area contributed by atoms with Crippen LogP contribution in [0.1, 0.15) is 5.69 Å². The first-order chi connectivity index (χ1) is 12.8. The van der Waals surface area contributed by atoms with Gasteiger partial charge in [0.2, 0.25) is 0 Å². The largest absolute Gasteiger partial charge is 0.496 e. The lowest BCUT2D eigenvalue weighted by Crippen LogP contribution is -1.97. The van der Waals surface area contributed by atoms with Gasteiger partial charge in [0.1, 0.15) is 5.75 Å². The summed E-state index contributed by atoms with van der Waals surface area (Å²) in [6.07, 6.45) is 0. The van der Waals surface area contributed by atoms with Crippen LogP contribution in [0.25, 0.3) is 22.0 Å². The molecule has 3 aromatic heterocycles. The van der Waals surface area contributed by atoms with Gasteiger partial charge in [-0.05, 0) is 23.6 Å². The van der Waals surface area contributed by atoms with Gasteiger partial charge in [-0.1, -0.05) is 35.1 Å². The third kappa shape index (κ3) is 3.25. The van der Waals surface area contributed by atoms with E-state index in [9.17, 15) is 0 Å². The predicted molar refractivity (Wildman–Crippen MR) is 102 cm³/mol. The quantitative estimate of drug-likeness (QED) is 0.456. The maximum Gasteiger partial charge on any atom is 0.191 e. The van der Waals surface area contributed by atoms with Crippen LogP contribution in [0.4, 0.5) is 0 Å². The Bertz CT molecular complexity index is 1010. The van der Waals surface area contributed by atoms with Crippen molar-refractivity contribution in [2.75, 3.05) is 7.11 Å². The predicted octanol–water partition coefficient (Wildman–Crippen LogP) is 4.50. The summed E-state index contributed by atoms with van der Waals surface area (Å²) < 4.78 is 12.8. The summed E-state index contributed by atoms with van der Waals surface area (Å²) in [5, 5.41) is 15.6. The smallest absolute Gasteiger partial charge is 0.191 e. The Balaban J connectivity index is 1.51. The highest BCUT2D eigenvalue weighted by Crippen LogP contribution is 2.31. The standard InChI is InChI=1S/C18H16N4O2S2/c1-22-17(13-6-3-4-7-14(13)23-2)19-20-18(22)26-11-12-10-15(24-21-12)16-8-5-9-25-16/h3-10H,11H2,1-2H3. The van der Waals surface area contributed by atoms with Crippen LogP contribution < -0.4 is 4.74 Å². The zero-order valence-electron chi connectivity index (χ0n) is 14.2. The topological polar surface area (TPSA) is 66.0 Å². The molecule has 0 aliphatic heterocycles. The van der Waals surface area contributed by atoms with E-state index in [4.69, 9.17) is 9.26 Å². The van der Waals surface area contributed by atoms with Crippen molar-refractivity contribution in [3.63, 3.8) is 0 Å². The van der Waals surface area contributed by atoms with E-state index in [1.165, 1.54) is 0 Å². The fourth-order valence-corrected chi connectivity index (χ4v) is 4.02. The van der Waals surface area contributed by atoms with Crippen LogP contribution in [-0.2, 0) is 12.8 Å². The number of aromatic nitrogens is 4. The van der Waals surface area contributed by atoms with Crippen molar-refractivity contribution in [2.45, 2.75) is 10.9 Å². The Morgan fingerprint density at radius 1 is 1.19 bits per heavy atom. The summed E-state index contributed by atoms with van der Waals surface area (Å²) in [7, 11) is 3.60. The molecule has 132 valence electrons. The highest BCUT2D eigenvalue weighted by molar-refractivity contribution is 7.98. The molecule has 0 amide bonds. The number of para-hydroxylation sites is 1. The van der Waals surface area contributed by atoms with Crippen LogP contribution in [0, 0.1) is 0 Å². The average molecular weight is 384 g/mol. The fraction of sp³-hybridized carbons (Fsp3) is 0.167. The Kier molecular flexibility index (Phi) is 4.77. The van der Waals surface area contributed by atoms with Gasteiger partial charge >= 0.3 is 0 Å². The molecule has 0 saturated carbocycles. The SMILES string of the molecule is COc1ccccc1-c1nnc(SCc2cc(-c3cccs3)on2)n1C. The maximum atomic E-state index is 5.42. The fourth-order valence-electron chi connectivity index (χ4n) is 2.56.